The number of anilines is 1. The second kappa shape index (κ2) is 13.5. The zero-order valence-electron chi connectivity index (χ0n) is 24.2. The lowest BCUT2D eigenvalue weighted by Crippen LogP contribution is -2.42. The predicted octanol–water partition coefficient (Wildman–Crippen LogP) is 6.88. The first kappa shape index (κ1) is 29.1. The van der Waals surface area contributed by atoms with E-state index in [-0.39, 0.29) is 11.6 Å². The van der Waals surface area contributed by atoms with E-state index in [1.165, 1.54) is 0 Å². The van der Waals surface area contributed by atoms with Gasteiger partial charge in [-0.1, -0.05) is 55.5 Å². The molecule has 43 heavy (non-hydrogen) atoms. The quantitative estimate of drug-likeness (QED) is 0.197. The molecule has 8 nitrogen and oxygen atoms in total. The van der Waals surface area contributed by atoms with E-state index in [0.29, 0.717) is 65.4 Å². The molecule has 0 spiro atoms. The molecule has 1 N–H and O–H groups in total. The average molecular weight is 572 g/mol. The standard InChI is InChI=1S/C35H33N5O3/c1-3-32(39(22-21-25-11-6-5-7-12-25)35(42)37-27-14-10-13-26(23-27)24-36)33-38-31-16-9-8-15-30(31)34(41)40(33)28-17-19-29(20-18-28)43-4-2/h5-20,23,32H,3-4,21-22H2,1-2H3,(H,37,42). The van der Waals surface area contributed by atoms with Crippen LogP contribution in [-0.4, -0.2) is 33.6 Å². The van der Waals surface area contributed by atoms with Crippen molar-refractivity contribution in [2.45, 2.75) is 32.7 Å². The van der Waals surface area contributed by atoms with Crippen LogP contribution in [0.1, 0.15) is 43.3 Å². The van der Waals surface area contributed by atoms with Gasteiger partial charge in [0.25, 0.3) is 5.56 Å². The molecule has 0 saturated heterocycles. The van der Waals surface area contributed by atoms with Crippen molar-refractivity contribution in [3.63, 3.8) is 0 Å². The van der Waals surface area contributed by atoms with Crippen LogP contribution in [0.2, 0.25) is 0 Å². The number of benzene rings is 4. The van der Waals surface area contributed by atoms with E-state index >= 15 is 0 Å². The largest absolute Gasteiger partial charge is 0.494 e. The Hall–Kier alpha value is -5.42. The Kier molecular flexibility index (Phi) is 9.13. The fourth-order valence-electron chi connectivity index (χ4n) is 5.18. The summed E-state index contributed by atoms with van der Waals surface area (Å²) in [5.41, 5.74) is 3.02. The number of hydrogen-bond acceptors (Lipinski definition) is 5. The summed E-state index contributed by atoms with van der Waals surface area (Å²) in [6, 6.07) is 32.5. The van der Waals surface area contributed by atoms with E-state index in [2.05, 4.69) is 11.4 Å². The first-order chi connectivity index (χ1) is 21.0. The summed E-state index contributed by atoms with van der Waals surface area (Å²) in [6.07, 6.45) is 1.10. The number of ether oxygens (including phenoxy) is 1. The smallest absolute Gasteiger partial charge is 0.322 e. The van der Waals surface area contributed by atoms with Crippen LogP contribution in [0, 0.1) is 11.3 Å². The van der Waals surface area contributed by atoms with Gasteiger partial charge < -0.3 is 15.0 Å². The van der Waals surface area contributed by atoms with Crippen LogP contribution in [0.5, 0.6) is 5.75 Å². The average Bonchev–Trinajstić information content (AvgIpc) is 3.04. The molecule has 5 rings (SSSR count). The van der Waals surface area contributed by atoms with Crippen molar-refractivity contribution < 1.29 is 9.53 Å². The Morgan fingerprint density at radius 2 is 1.72 bits per heavy atom. The van der Waals surface area contributed by atoms with Crippen LogP contribution < -0.4 is 15.6 Å². The number of amides is 2. The summed E-state index contributed by atoms with van der Waals surface area (Å²) in [4.78, 5) is 34.8. The number of rotatable bonds is 10. The number of aromatic nitrogens is 2. The molecule has 8 heteroatoms. The molecule has 1 atom stereocenters. The molecular formula is C35H33N5O3. The molecule has 1 heterocycles. The van der Waals surface area contributed by atoms with Gasteiger partial charge in [0, 0.05) is 12.2 Å². The fraction of sp³-hybridized carbons (Fsp3) is 0.200. The van der Waals surface area contributed by atoms with Crippen molar-refractivity contribution in [3.8, 4) is 17.5 Å². The maximum Gasteiger partial charge on any atom is 0.322 e. The normalized spacial score (nSPS) is 11.5. The summed E-state index contributed by atoms with van der Waals surface area (Å²) >= 11 is 0. The monoisotopic (exact) mass is 571 g/mol. The molecule has 0 bridgehead atoms. The summed E-state index contributed by atoms with van der Waals surface area (Å²) in [6.45, 7) is 4.80. The number of carbonyl (C=O) groups is 1. The van der Waals surface area contributed by atoms with Crippen LogP contribution in [0.4, 0.5) is 10.5 Å². The van der Waals surface area contributed by atoms with E-state index in [9.17, 15) is 14.9 Å². The van der Waals surface area contributed by atoms with Crippen LogP contribution in [0.25, 0.3) is 16.6 Å². The summed E-state index contributed by atoms with van der Waals surface area (Å²) in [5, 5.41) is 12.8. The molecular weight excluding hydrogens is 538 g/mol. The van der Waals surface area contributed by atoms with Crippen molar-refractivity contribution in [1.29, 1.82) is 5.26 Å². The van der Waals surface area contributed by atoms with E-state index in [0.717, 1.165) is 5.56 Å². The van der Waals surface area contributed by atoms with Gasteiger partial charge in [0.2, 0.25) is 0 Å². The number of fused-ring (bicyclic) bond motifs is 1. The molecule has 4 aromatic carbocycles. The Morgan fingerprint density at radius 1 is 0.977 bits per heavy atom. The Labute approximate surface area is 250 Å². The zero-order valence-corrected chi connectivity index (χ0v) is 24.2. The third kappa shape index (κ3) is 6.57. The fourth-order valence-corrected chi connectivity index (χ4v) is 5.18. The van der Waals surface area contributed by atoms with Crippen molar-refractivity contribution in [3.05, 3.63) is 130 Å². The van der Waals surface area contributed by atoms with Gasteiger partial charge in [0.05, 0.1) is 40.9 Å². The van der Waals surface area contributed by atoms with Gasteiger partial charge in [-0.2, -0.15) is 5.26 Å². The molecule has 5 aromatic rings. The predicted molar refractivity (Wildman–Crippen MR) is 169 cm³/mol. The Bertz CT molecular complexity index is 1810. The van der Waals surface area contributed by atoms with E-state index < -0.39 is 6.04 Å². The van der Waals surface area contributed by atoms with Gasteiger partial charge in [-0.25, -0.2) is 9.78 Å². The zero-order chi connectivity index (χ0) is 30.2. The van der Waals surface area contributed by atoms with Gasteiger partial charge >= 0.3 is 6.03 Å². The third-order valence-electron chi connectivity index (χ3n) is 7.26. The number of hydrogen-bond donors (Lipinski definition) is 1. The molecule has 0 saturated carbocycles. The highest BCUT2D eigenvalue weighted by Crippen LogP contribution is 2.28. The highest BCUT2D eigenvalue weighted by molar-refractivity contribution is 5.90. The minimum absolute atomic E-state index is 0.214. The van der Waals surface area contributed by atoms with Gasteiger partial charge in [-0.05, 0) is 79.9 Å². The lowest BCUT2D eigenvalue weighted by Gasteiger charge is -2.32. The van der Waals surface area contributed by atoms with Gasteiger partial charge in [-0.15, -0.1) is 0 Å². The first-order valence-corrected chi connectivity index (χ1v) is 14.4. The van der Waals surface area contributed by atoms with Crippen molar-refractivity contribution >= 4 is 22.6 Å². The Balaban J connectivity index is 1.62. The molecule has 1 aromatic heterocycles. The number of nitrogens with zero attached hydrogens (tertiary/aromatic N) is 4. The minimum atomic E-state index is -0.549. The van der Waals surface area contributed by atoms with Gasteiger partial charge in [0.15, 0.2) is 0 Å². The molecule has 0 radical (unpaired) electrons. The number of urea groups is 1. The maximum atomic E-state index is 14.1. The van der Waals surface area contributed by atoms with Crippen molar-refractivity contribution in [1.82, 2.24) is 14.5 Å². The Morgan fingerprint density at radius 3 is 2.44 bits per heavy atom. The van der Waals surface area contributed by atoms with Crippen LogP contribution >= 0.6 is 0 Å². The molecule has 1 unspecified atom stereocenters. The second-order valence-corrected chi connectivity index (χ2v) is 10.0. The first-order valence-electron chi connectivity index (χ1n) is 14.4. The van der Waals surface area contributed by atoms with Crippen LogP contribution in [0.15, 0.2) is 108 Å². The van der Waals surface area contributed by atoms with Crippen molar-refractivity contribution in [2.75, 3.05) is 18.5 Å². The van der Waals surface area contributed by atoms with Crippen LogP contribution in [0.3, 0.4) is 0 Å². The second-order valence-electron chi connectivity index (χ2n) is 10.0. The highest BCUT2D eigenvalue weighted by atomic mass is 16.5. The lowest BCUT2D eigenvalue weighted by molar-refractivity contribution is 0.182. The van der Waals surface area contributed by atoms with E-state index in [1.807, 2.05) is 86.6 Å². The SMILES string of the molecule is CCOc1ccc(-n2c(C(CC)N(CCc3ccccc3)C(=O)Nc3cccc(C#N)c3)nc3ccccc3c2=O)cc1. The number of carbonyl (C=O) groups excluding carboxylic acids is 1. The molecule has 216 valence electrons. The highest BCUT2D eigenvalue weighted by Gasteiger charge is 2.29. The maximum absolute atomic E-state index is 14.1. The van der Waals surface area contributed by atoms with Gasteiger partial charge in [-0.3, -0.25) is 9.36 Å². The van der Waals surface area contributed by atoms with Crippen molar-refractivity contribution in [2.24, 2.45) is 0 Å². The molecule has 0 aliphatic rings. The summed E-state index contributed by atoms with van der Waals surface area (Å²) < 4.78 is 7.23. The summed E-state index contributed by atoms with van der Waals surface area (Å²) in [5.74, 6) is 1.16. The minimum Gasteiger partial charge on any atom is -0.494 e. The molecule has 0 fully saturated rings. The molecule has 0 aliphatic carbocycles. The summed E-state index contributed by atoms with van der Waals surface area (Å²) in [7, 11) is 0. The lowest BCUT2D eigenvalue weighted by atomic mass is 10.1. The van der Waals surface area contributed by atoms with E-state index in [1.54, 1.807) is 39.8 Å². The third-order valence-corrected chi connectivity index (χ3v) is 7.26. The molecule has 0 aliphatic heterocycles. The number of nitriles is 1. The van der Waals surface area contributed by atoms with Gasteiger partial charge in [0.1, 0.15) is 11.6 Å². The van der Waals surface area contributed by atoms with Crippen LogP contribution in [-0.2, 0) is 6.42 Å². The topological polar surface area (TPSA) is 100 Å². The number of nitrogens with one attached hydrogen (secondary N) is 1. The number of para-hydroxylation sites is 1. The van der Waals surface area contributed by atoms with E-state index in [4.69, 9.17) is 9.72 Å². The molecule has 2 amide bonds.